The Morgan fingerprint density at radius 3 is 2.31 bits per heavy atom. The molecule has 3 unspecified atom stereocenters. The molecule has 0 saturated carbocycles. The SMILES string of the molecule is CC(NC(=O)C1NCCc2c1ccc(F)c2F)C(N)c1ccccc1.O=C(O)C(F)(F)F. The van der Waals surface area contributed by atoms with Crippen molar-refractivity contribution in [1.29, 1.82) is 0 Å². The summed E-state index contributed by atoms with van der Waals surface area (Å²) in [6.07, 6.45) is -4.73. The Hall–Kier alpha value is -3.05. The van der Waals surface area contributed by atoms with Gasteiger partial charge < -0.3 is 21.5 Å². The third-order valence-electron chi connectivity index (χ3n) is 4.86. The molecule has 1 amide bonds. The van der Waals surface area contributed by atoms with Gasteiger partial charge >= 0.3 is 12.1 Å². The highest BCUT2D eigenvalue weighted by Gasteiger charge is 2.38. The minimum absolute atomic E-state index is 0.263. The summed E-state index contributed by atoms with van der Waals surface area (Å²) in [4.78, 5) is 21.6. The van der Waals surface area contributed by atoms with E-state index in [2.05, 4.69) is 10.6 Å². The molecule has 0 saturated heterocycles. The van der Waals surface area contributed by atoms with Crippen molar-refractivity contribution in [3.8, 4) is 0 Å². The molecule has 174 valence electrons. The first-order chi connectivity index (χ1) is 14.9. The first kappa shape index (κ1) is 25.2. The number of amides is 1. The number of alkyl halides is 3. The van der Waals surface area contributed by atoms with Crippen LogP contribution < -0.4 is 16.4 Å². The van der Waals surface area contributed by atoms with Crippen LogP contribution in [0, 0.1) is 11.6 Å². The Balaban J connectivity index is 0.000000451. The maximum atomic E-state index is 14.0. The number of hydrogen-bond acceptors (Lipinski definition) is 4. The van der Waals surface area contributed by atoms with Crippen LogP contribution in [0.3, 0.4) is 0 Å². The normalized spacial score (nSPS) is 17.3. The maximum absolute atomic E-state index is 14.0. The summed E-state index contributed by atoms with van der Waals surface area (Å²) in [5, 5.41) is 13.1. The monoisotopic (exact) mass is 459 g/mol. The lowest BCUT2D eigenvalue weighted by molar-refractivity contribution is -0.192. The number of carboxylic acid groups (broad SMARTS) is 1. The van der Waals surface area contributed by atoms with Crippen LogP contribution in [-0.2, 0) is 16.0 Å². The van der Waals surface area contributed by atoms with Crippen molar-refractivity contribution >= 4 is 11.9 Å². The van der Waals surface area contributed by atoms with E-state index in [1.54, 1.807) is 0 Å². The fraction of sp³-hybridized carbons (Fsp3) is 0.333. The van der Waals surface area contributed by atoms with Gasteiger partial charge in [0.25, 0.3) is 0 Å². The van der Waals surface area contributed by atoms with E-state index in [-0.39, 0.29) is 23.6 Å². The van der Waals surface area contributed by atoms with Gasteiger partial charge in [0.15, 0.2) is 11.6 Å². The number of aliphatic carboxylic acids is 1. The number of carbonyl (C=O) groups excluding carboxylic acids is 1. The number of halogens is 5. The third-order valence-corrected chi connectivity index (χ3v) is 4.86. The molecule has 0 aromatic heterocycles. The van der Waals surface area contributed by atoms with Crippen molar-refractivity contribution < 1.29 is 36.6 Å². The Morgan fingerprint density at radius 1 is 1.16 bits per heavy atom. The number of benzene rings is 2. The van der Waals surface area contributed by atoms with Crippen LogP contribution in [0.2, 0.25) is 0 Å². The number of hydrogen-bond donors (Lipinski definition) is 4. The van der Waals surface area contributed by atoms with E-state index in [0.29, 0.717) is 18.5 Å². The lowest BCUT2D eigenvalue weighted by Crippen LogP contribution is -2.47. The largest absolute Gasteiger partial charge is 0.490 e. The van der Waals surface area contributed by atoms with E-state index >= 15 is 0 Å². The molecule has 3 atom stereocenters. The summed E-state index contributed by atoms with van der Waals surface area (Å²) < 4.78 is 59.1. The molecule has 0 bridgehead atoms. The summed E-state index contributed by atoms with van der Waals surface area (Å²) in [6.45, 7) is 2.23. The van der Waals surface area contributed by atoms with Gasteiger partial charge in [0.2, 0.25) is 5.91 Å². The average molecular weight is 459 g/mol. The summed E-state index contributed by atoms with van der Waals surface area (Å²) in [5.74, 6) is -4.82. The first-order valence-corrected chi connectivity index (χ1v) is 9.54. The number of nitrogens with one attached hydrogen (secondary N) is 2. The Bertz CT molecular complexity index is 954. The zero-order chi connectivity index (χ0) is 24.1. The number of rotatable bonds is 4. The predicted molar refractivity (Wildman–Crippen MR) is 105 cm³/mol. The van der Waals surface area contributed by atoms with Crippen molar-refractivity contribution in [1.82, 2.24) is 10.6 Å². The molecule has 1 heterocycles. The molecule has 2 aromatic carbocycles. The Labute approximate surface area is 180 Å². The number of nitrogens with two attached hydrogens (primary N) is 1. The van der Waals surface area contributed by atoms with Gasteiger partial charge in [0, 0.05) is 18.6 Å². The Morgan fingerprint density at radius 2 is 1.75 bits per heavy atom. The second kappa shape index (κ2) is 10.5. The van der Waals surface area contributed by atoms with Crippen molar-refractivity contribution in [3.63, 3.8) is 0 Å². The van der Waals surface area contributed by atoms with Gasteiger partial charge in [0.05, 0.1) is 0 Å². The molecule has 1 aliphatic heterocycles. The van der Waals surface area contributed by atoms with Crippen LogP contribution in [0.4, 0.5) is 22.0 Å². The average Bonchev–Trinajstić information content (AvgIpc) is 2.75. The Kier molecular flexibility index (Phi) is 8.28. The van der Waals surface area contributed by atoms with Crippen molar-refractivity contribution in [2.24, 2.45) is 5.73 Å². The summed E-state index contributed by atoms with van der Waals surface area (Å²) in [7, 11) is 0. The van der Waals surface area contributed by atoms with Crippen molar-refractivity contribution in [3.05, 3.63) is 70.8 Å². The smallest absolute Gasteiger partial charge is 0.475 e. The molecule has 0 aliphatic carbocycles. The highest BCUT2D eigenvalue weighted by Crippen LogP contribution is 2.27. The van der Waals surface area contributed by atoms with Crippen LogP contribution in [-0.4, -0.2) is 35.7 Å². The first-order valence-electron chi connectivity index (χ1n) is 9.54. The molecule has 32 heavy (non-hydrogen) atoms. The standard InChI is InChI=1S/C19H21F2N3O.C2HF3O2/c1-11(17(22)12-5-3-2-4-6-12)24-19(25)18-14-7-8-15(20)16(21)13(14)9-10-23-18;3-2(4,5)1(6)7/h2-8,11,17-18,23H,9-10,22H2,1H3,(H,24,25);(H,6,7). The van der Waals surface area contributed by atoms with Gasteiger partial charge in [-0.25, -0.2) is 13.6 Å². The van der Waals surface area contributed by atoms with Crippen LogP contribution in [0.15, 0.2) is 42.5 Å². The van der Waals surface area contributed by atoms with E-state index in [9.17, 15) is 26.7 Å². The van der Waals surface area contributed by atoms with Gasteiger partial charge in [-0.1, -0.05) is 36.4 Å². The fourth-order valence-electron chi connectivity index (χ4n) is 3.18. The van der Waals surface area contributed by atoms with Crippen molar-refractivity contribution in [2.75, 3.05) is 6.54 Å². The fourth-order valence-corrected chi connectivity index (χ4v) is 3.18. The predicted octanol–water partition coefficient (Wildman–Crippen LogP) is 2.99. The minimum atomic E-state index is -5.08. The molecule has 6 nitrogen and oxygen atoms in total. The molecule has 2 aromatic rings. The minimum Gasteiger partial charge on any atom is -0.475 e. The van der Waals surface area contributed by atoms with Gasteiger partial charge in [-0.05, 0) is 36.1 Å². The highest BCUT2D eigenvalue weighted by atomic mass is 19.4. The van der Waals surface area contributed by atoms with E-state index in [1.165, 1.54) is 6.07 Å². The molecular formula is C21H22F5N3O3. The second-order valence-corrected chi connectivity index (χ2v) is 7.10. The van der Waals surface area contributed by atoms with E-state index in [4.69, 9.17) is 15.6 Å². The molecule has 11 heteroatoms. The van der Waals surface area contributed by atoms with Gasteiger partial charge in [0.1, 0.15) is 6.04 Å². The van der Waals surface area contributed by atoms with E-state index in [1.807, 2.05) is 37.3 Å². The number of carboxylic acids is 1. The van der Waals surface area contributed by atoms with Crippen molar-refractivity contribution in [2.45, 2.75) is 37.6 Å². The van der Waals surface area contributed by atoms with Crippen LogP contribution in [0.1, 0.15) is 35.7 Å². The third kappa shape index (κ3) is 6.24. The zero-order valence-electron chi connectivity index (χ0n) is 16.9. The lowest BCUT2D eigenvalue weighted by Gasteiger charge is -2.29. The molecule has 0 radical (unpaired) electrons. The number of carbonyl (C=O) groups is 2. The van der Waals surface area contributed by atoms with Gasteiger partial charge in [-0.3, -0.25) is 4.79 Å². The molecule has 0 spiro atoms. The van der Waals surface area contributed by atoms with Crippen LogP contribution in [0.5, 0.6) is 0 Å². The zero-order valence-corrected chi connectivity index (χ0v) is 16.9. The van der Waals surface area contributed by atoms with E-state index < -0.39 is 29.8 Å². The quantitative estimate of drug-likeness (QED) is 0.527. The molecular weight excluding hydrogens is 437 g/mol. The van der Waals surface area contributed by atoms with E-state index in [0.717, 1.165) is 11.6 Å². The summed E-state index contributed by atoms with van der Waals surface area (Å²) in [6, 6.07) is 10.6. The molecule has 1 aliphatic rings. The summed E-state index contributed by atoms with van der Waals surface area (Å²) >= 11 is 0. The molecule has 0 fully saturated rings. The van der Waals surface area contributed by atoms with Gasteiger partial charge in [-0.2, -0.15) is 13.2 Å². The highest BCUT2D eigenvalue weighted by molar-refractivity contribution is 5.84. The molecule has 3 rings (SSSR count). The topological polar surface area (TPSA) is 104 Å². The molecule has 5 N–H and O–H groups in total. The second-order valence-electron chi connectivity index (χ2n) is 7.10. The van der Waals surface area contributed by atoms with Gasteiger partial charge in [-0.15, -0.1) is 0 Å². The summed E-state index contributed by atoms with van der Waals surface area (Å²) in [5.41, 5.74) is 7.87. The van der Waals surface area contributed by atoms with Crippen LogP contribution in [0.25, 0.3) is 0 Å². The number of fused-ring (bicyclic) bond motifs is 1. The maximum Gasteiger partial charge on any atom is 0.490 e. The lowest BCUT2D eigenvalue weighted by atomic mass is 9.92. The van der Waals surface area contributed by atoms with Crippen LogP contribution >= 0.6 is 0 Å².